The minimum Gasteiger partial charge on any atom is -0.459 e. The molecule has 134 valence electrons. The molecule has 0 bridgehead atoms. The number of amides is 1. The van der Waals surface area contributed by atoms with Gasteiger partial charge in [0.15, 0.2) is 5.76 Å². The Bertz CT molecular complexity index is 687. The van der Waals surface area contributed by atoms with Gasteiger partial charge in [0.1, 0.15) is 5.01 Å². The number of hydrogen-bond acceptors (Lipinski definition) is 5. The molecule has 6 heteroatoms. The first-order valence-corrected chi connectivity index (χ1v) is 10.1. The van der Waals surface area contributed by atoms with Gasteiger partial charge in [-0.15, -0.1) is 11.3 Å². The molecule has 0 saturated carbocycles. The second-order valence-corrected chi connectivity index (χ2v) is 8.28. The van der Waals surface area contributed by atoms with E-state index in [1.165, 1.54) is 53.9 Å². The van der Waals surface area contributed by atoms with Gasteiger partial charge in [0.05, 0.1) is 18.5 Å². The highest BCUT2D eigenvalue weighted by Crippen LogP contribution is 2.28. The van der Waals surface area contributed by atoms with Crippen molar-refractivity contribution in [1.82, 2.24) is 15.2 Å². The summed E-state index contributed by atoms with van der Waals surface area (Å²) in [5.74, 6) is 0.776. The summed E-state index contributed by atoms with van der Waals surface area (Å²) < 4.78 is 5.15. The maximum Gasteiger partial charge on any atom is 0.286 e. The number of carbonyl (C=O) groups is 1. The van der Waals surface area contributed by atoms with Gasteiger partial charge in [0.25, 0.3) is 5.91 Å². The lowest BCUT2D eigenvalue weighted by atomic mass is 9.98. The fourth-order valence-electron chi connectivity index (χ4n) is 3.86. The molecule has 2 aliphatic rings. The summed E-state index contributed by atoms with van der Waals surface area (Å²) in [6.07, 6.45) is 8.87. The predicted molar refractivity (Wildman–Crippen MR) is 97.8 cm³/mol. The van der Waals surface area contributed by atoms with Crippen molar-refractivity contribution < 1.29 is 9.21 Å². The summed E-state index contributed by atoms with van der Waals surface area (Å²) in [6.45, 7) is 3.83. The topological polar surface area (TPSA) is 58.4 Å². The van der Waals surface area contributed by atoms with Crippen LogP contribution < -0.4 is 5.32 Å². The van der Waals surface area contributed by atoms with Gasteiger partial charge in [-0.05, 0) is 63.1 Å². The summed E-state index contributed by atoms with van der Waals surface area (Å²) in [6, 6.07) is 3.44. The van der Waals surface area contributed by atoms with Crippen LogP contribution in [0.15, 0.2) is 22.8 Å². The number of aromatic nitrogens is 1. The van der Waals surface area contributed by atoms with Crippen molar-refractivity contribution in [3.63, 3.8) is 0 Å². The van der Waals surface area contributed by atoms with E-state index in [-0.39, 0.29) is 5.91 Å². The van der Waals surface area contributed by atoms with Crippen molar-refractivity contribution in [2.45, 2.75) is 45.1 Å². The zero-order valence-corrected chi connectivity index (χ0v) is 15.3. The second kappa shape index (κ2) is 7.70. The monoisotopic (exact) mass is 359 g/mol. The van der Waals surface area contributed by atoms with Crippen molar-refractivity contribution in [2.24, 2.45) is 5.92 Å². The van der Waals surface area contributed by atoms with E-state index in [2.05, 4.69) is 10.2 Å². The average molecular weight is 359 g/mol. The van der Waals surface area contributed by atoms with Crippen LogP contribution in [-0.2, 0) is 19.4 Å². The molecule has 4 rings (SSSR count). The van der Waals surface area contributed by atoms with Crippen LogP contribution >= 0.6 is 11.3 Å². The molecule has 1 aliphatic heterocycles. The van der Waals surface area contributed by atoms with E-state index in [1.807, 2.05) is 11.3 Å². The minimum absolute atomic E-state index is 0.116. The molecule has 1 N–H and O–H groups in total. The third-order valence-electron chi connectivity index (χ3n) is 5.15. The summed E-state index contributed by atoms with van der Waals surface area (Å²) in [5, 5.41) is 4.28. The molecule has 0 spiro atoms. The number of likely N-dealkylation sites (tertiary alicyclic amines) is 1. The Morgan fingerprint density at radius 3 is 3.12 bits per heavy atom. The van der Waals surface area contributed by atoms with Crippen LogP contribution in [0.5, 0.6) is 0 Å². The maximum absolute atomic E-state index is 12.0. The number of aryl methyl sites for hydroxylation is 2. The molecule has 1 aliphatic carbocycles. The number of rotatable bonds is 5. The van der Waals surface area contributed by atoms with Crippen molar-refractivity contribution in [3.05, 3.63) is 39.7 Å². The van der Waals surface area contributed by atoms with Gasteiger partial charge >= 0.3 is 0 Å². The van der Waals surface area contributed by atoms with E-state index < -0.39 is 0 Å². The second-order valence-electron chi connectivity index (χ2n) is 7.12. The summed E-state index contributed by atoms with van der Waals surface area (Å²) in [7, 11) is 0. The van der Waals surface area contributed by atoms with Gasteiger partial charge in [0, 0.05) is 18.0 Å². The van der Waals surface area contributed by atoms with Crippen molar-refractivity contribution in [3.8, 4) is 0 Å². The first kappa shape index (κ1) is 16.8. The molecule has 5 nitrogen and oxygen atoms in total. The Morgan fingerprint density at radius 2 is 2.28 bits per heavy atom. The van der Waals surface area contributed by atoms with Gasteiger partial charge in [0.2, 0.25) is 0 Å². The van der Waals surface area contributed by atoms with Crippen LogP contribution in [0, 0.1) is 5.92 Å². The SMILES string of the molecule is O=C(NC[C@H]1CCCN(Cc2nc3c(s2)CCCC3)C1)c1ccco1. The third kappa shape index (κ3) is 4.12. The molecule has 0 unspecified atom stereocenters. The Kier molecular flexibility index (Phi) is 5.17. The van der Waals surface area contributed by atoms with Crippen LogP contribution in [0.3, 0.4) is 0 Å². The normalized spacial score (nSPS) is 21.0. The fourth-order valence-corrected chi connectivity index (χ4v) is 5.06. The van der Waals surface area contributed by atoms with E-state index >= 15 is 0 Å². The lowest BCUT2D eigenvalue weighted by Gasteiger charge is -2.32. The van der Waals surface area contributed by atoms with E-state index in [0.29, 0.717) is 18.2 Å². The lowest BCUT2D eigenvalue weighted by molar-refractivity contribution is 0.0903. The van der Waals surface area contributed by atoms with Crippen LogP contribution in [0.2, 0.25) is 0 Å². The van der Waals surface area contributed by atoms with Crippen LogP contribution in [-0.4, -0.2) is 35.4 Å². The van der Waals surface area contributed by atoms with Gasteiger partial charge in [-0.2, -0.15) is 0 Å². The lowest BCUT2D eigenvalue weighted by Crippen LogP contribution is -2.40. The quantitative estimate of drug-likeness (QED) is 0.890. The Hall–Kier alpha value is -1.66. The molecule has 25 heavy (non-hydrogen) atoms. The van der Waals surface area contributed by atoms with E-state index in [4.69, 9.17) is 9.40 Å². The van der Waals surface area contributed by atoms with E-state index in [0.717, 1.165) is 26.1 Å². The largest absolute Gasteiger partial charge is 0.459 e. The summed E-state index contributed by atoms with van der Waals surface area (Å²) >= 11 is 1.91. The number of fused-ring (bicyclic) bond motifs is 1. The van der Waals surface area contributed by atoms with E-state index in [1.54, 1.807) is 12.1 Å². The zero-order chi connectivity index (χ0) is 17.1. The summed E-state index contributed by atoms with van der Waals surface area (Å²) in [4.78, 5) is 20.9. The maximum atomic E-state index is 12.0. The molecular formula is C19H25N3O2S. The molecule has 3 heterocycles. The number of carbonyl (C=O) groups excluding carboxylic acids is 1. The number of hydrogen-bond donors (Lipinski definition) is 1. The van der Waals surface area contributed by atoms with Crippen molar-refractivity contribution in [2.75, 3.05) is 19.6 Å². The summed E-state index contributed by atoms with van der Waals surface area (Å²) in [5.41, 5.74) is 1.35. The smallest absolute Gasteiger partial charge is 0.286 e. The number of thiazole rings is 1. The molecule has 1 saturated heterocycles. The Balaban J connectivity index is 1.29. The predicted octanol–water partition coefficient (Wildman–Crippen LogP) is 3.26. The standard InChI is InChI=1S/C19H25N3O2S/c23-19(16-7-4-10-24-16)20-11-14-5-3-9-22(12-14)13-18-21-15-6-1-2-8-17(15)25-18/h4,7,10,14H,1-3,5-6,8-9,11-13H2,(H,20,23)/t14-/m1/s1. The van der Waals surface area contributed by atoms with E-state index in [9.17, 15) is 4.79 Å². The molecule has 0 radical (unpaired) electrons. The van der Waals surface area contributed by atoms with Crippen LogP contribution in [0.1, 0.15) is 51.8 Å². The fraction of sp³-hybridized carbons (Fsp3) is 0.579. The number of piperidine rings is 1. The molecule has 1 fully saturated rings. The number of nitrogens with one attached hydrogen (secondary N) is 1. The van der Waals surface area contributed by atoms with Crippen LogP contribution in [0.4, 0.5) is 0 Å². The average Bonchev–Trinajstić information content (AvgIpc) is 3.29. The zero-order valence-electron chi connectivity index (χ0n) is 14.5. The molecule has 1 atom stereocenters. The molecular weight excluding hydrogens is 334 g/mol. The highest BCUT2D eigenvalue weighted by molar-refractivity contribution is 7.11. The highest BCUT2D eigenvalue weighted by Gasteiger charge is 2.23. The molecule has 1 amide bonds. The number of furan rings is 1. The Labute approximate surface area is 152 Å². The molecule has 2 aromatic rings. The van der Waals surface area contributed by atoms with Gasteiger partial charge in [-0.25, -0.2) is 4.98 Å². The van der Waals surface area contributed by atoms with Crippen molar-refractivity contribution in [1.29, 1.82) is 0 Å². The third-order valence-corrected chi connectivity index (χ3v) is 6.29. The first-order chi connectivity index (χ1) is 12.3. The number of nitrogens with zero attached hydrogens (tertiary/aromatic N) is 2. The molecule has 2 aromatic heterocycles. The highest BCUT2D eigenvalue weighted by atomic mass is 32.1. The van der Waals surface area contributed by atoms with Crippen LogP contribution in [0.25, 0.3) is 0 Å². The van der Waals surface area contributed by atoms with Gasteiger partial charge < -0.3 is 9.73 Å². The minimum atomic E-state index is -0.116. The van der Waals surface area contributed by atoms with Crippen molar-refractivity contribution >= 4 is 17.2 Å². The van der Waals surface area contributed by atoms with Gasteiger partial charge in [-0.1, -0.05) is 0 Å². The molecule has 0 aromatic carbocycles. The first-order valence-electron chi connectivity index (χ1n) is 9.29. The van der Waals surface area contributed by atoms with Gasteiger partial charge in [-0.3, -0.25) is 9.69 Å². The Morgan fingerprint density at radius 1 is 1.36 bits per heavy atom.